The SMILES string of the molecule is CCNC(=NCc1ccccn1)NCC(O)COc1ccc([N+](=O)[O-])cc1. The number of non-ortho nitro benzene ring substituents is 1. The summed E-state index contributed by atoms with van der Waals surface area (Å²) in [5.74, 6) is 1.02. The van der Waals surface area contributed by atoms with Gasteiger partial charge in [-0.15, -0.1) is 0 Å². The van der Waals surface area contributed by atoms with Crippen molar-refractivity contribution in [1.29, 1.82) is 0 Å². The summed E-state index contributed by atoms with van der Waals surface area (Å²) in [4.78, 5) is 18.8. The summed E-state index contributed by atoms with van der Waals surface area (Å²) in [6, 6.07) is 11.3. The van der Waals surface area contributed by atoms with Crippen LogP contribution in [0.1, 0.15) is 12.6 Å². The summed E-state index contributed by atoms with van der Waals surface area (Å²) >= 11 is 0. The number of pyridine rings is 1. The van der Waals surface area contributed by atoms with Gasteiger partial charge in [0, 0.05) is 31.4 Å². The zero-order valence-electron chi connectivity index (χ0n) is 15.0. The van der Waals surface area contributed by atoms with Gasteiger partial charge in [0.25, 0.3) is 5.69 Å². The van der Waals surface area contributed by atoms with Crippen molar-refractivity contribution in [3.63, 3.8) is 0 Å². The molecule has 3 N–H and O–H groups in total. The van der Waals surface area contributed by atoms with Crippen LogP contribution in [0.15, 0.2) is 53.7 Å². The number of hydrogen-bond donors (Lipinski definition) is 3. The zero-order valence-corrected chi connectivity index (χ0v) is 15.0. The number of nitro benzene ring substituents is 1. The van der Waals surface area contributed by atoms with Crippen LogP contribution in [0.2, 0.25) is 0 Å². The van der Waals surface area contributed by atoms with Gasteiger partial charge in [0.1, 0.15) is 18.5 Å². The van der Waals surface area contributed by atoms with Crippen LogP contribution < -0.4 is 15.4 Å². The number of guanidine groups is 1. The molecule has 27 heavy (non-hydrogen) atoms. The Kier molecular flexibility index (Phi) is 7.98. The molecule has 1 aromatic heterocycles. The second kappa shape index (κ2) is 10.7. The molecular weight excluding hydrogens is 350 g/mol. The van der Waals surface area contributed by atoms with E-state index in [0.29, 0.717) is 24.8 Å². The number of nitrogens with zero attached hydrogens (tertiary/aromatic N) is 3. The van der Waals surface area contributed by atoms with Crippen LogP contribution in [-0.2, 0) is 6.54 Å². The molecule has 1 aromatic carbocycles. The topological polar surface area (TPSA) is 122 Å². The molecule has 0 spiro atoms. The molecule has 0 radical (unpaired) electrons. The molecule has 0 aliphatic rings. The van der Waals surface area contributed by atoms with Crippen molar-refractivity contribution in [2.75, 3.05) is 19.7 Å². The molecule has 2 aromatic rings. The Morgan fingerprint density at radius 3 is 2.70 bits per heavy atom. The van der Waals surface area contributed by atoms with Gasteiger partial charge in [-0.05, 0) is 31.2 Å². The Bertz CT molecular complexity index is 737. The molecule has 0 fully saturated rings. The number of aromatic nitrogens is 1. The molecule has 1 heterocycles. The number of hydrogen-bond acceptors (Lipinski definition) is 6. The van der Waals surface area contributed by atoms with Crippen molar-refractivity contribution < 1.29 is 14.8 Å². The molecular formula is C18H23N5O4. The van der Waals surface area contributed by atoms with E-state index < -0.39 is 11.0 Å². The van der Waals surface area contributed by atoms with Gasteiger partial charge in [0.2, 0.25) is 0 Å². The van der Waals surface area contributed by atoms with Crippen LogP contribution >= 0.6 is 0 Å². The summed E-state index contributed by atoms with van der Waals surface area (Å²) in [6.07, 6.45) is 0.934. The molecule has 1 atom stereocenters. The van der Waals surface area contributed by atoms with Crippen molar-refractivity contribution in [1.82, 2.24) is 15.6 Å². The lowest BCUT2D eigenvalue weighted by atomic mass is 10.3. The number of nitro groups is 1. The van der Waals surface area contributed by atoms with E-state index in [1.54, 1.807) is 6.20 Å². The second-order valence-corrected chi connectivity index (χ2v) is 5.61. The third kappa shape index (κ3) is 7.28. The Hall–Kier alpha value is -3.20. The molecule has 0 bridgehead atoms. The third-order valence-corrected chi connectivity index (χ3v) is 3.46. The van der Waals surface area contributed by atoms with Crippen LogP contribution in [-0.4, -0.2) is 46.8 Å². The normalized spacial score (nSPS) is 12.3. The van der Waals surface area contributed by atoms with Crippen molar-refractivity contribution in [2.24, 2.45) is 4.99 Å². The van der Waals surface area contributed by atoms with Gasteiger partial charge in [-0.25, -0.2) is 4.99 Å². The first-order valence-electron chi connectivity index (χ1n) is 8.56. The van der Waals surface area contributed by atoms with Gasteiger partial charge in [-0.2, -0.15) is 0 Å². The van der Waals surface area contributed by atoms with Crippen molar-refractivity contribution in [3.05, 3.63) is 64.5 Å². The van der Waals surface area contributed by atoms with Gasteiger partial charge in [0.05, 0.1) is 17.2 Å². The average molecular weight is 373 g/mol. The lowest BCUT2D eigenvalue weighted by Crippen LogP contribution is -2.42. The first-order valence-corrected chi connectivity index (χ1v) is 8.56. The fourth-order valence-electron chi connectivity index (χ4n) is 2.12. The number of aliphatic imine (C=N–C) groups is 1. The maximum absolute atomic E-state index is 10.6. The van der Waals surface area contributed by atoms with E-state index in [0.717, 1.165) is 5.69 Å². The van der Waals surface area contributed by atoms with Crippen LogP contribution in [0.25, 0.3) is 0 Å². The first-order chi connectivity index (χ1) is 13.1. The molecule has 0 amide bonds. The summed E-state index contributed by atoms with van der Waals surface area (Å²) in [7, 11) is 0. The highest BCUT2D eigenvalue weighted by molar-refractivity contribution is 5.79. The first kappa shape index (κ1) is 20.1. The Morgan fingerprint density at radius 1 is 1.30 bits per heavy atom. The minimum atomic E-state index is -0.779. The molecule has 9 nitrogen and oxygen atoms in total. The zero-order chi connectivity index (χ0) is 19.5. The van der Waals surface area contributed by atoms with E-state index in [4.69, 9.17) is 4.74 Å². The highest BCUT2D eigenvalue weighted by Gasteiger charge is 2.09. The fraction of sp³-hybridized carbons (Fsp3) is 0.333. The predicted octanol–water partition coefficient (Wildman–Crippen LogP) is 1.48. The predicted molar refractivity (Wildman–Crippen MR) is 102 cm³/mol. The molecule has 9 heteroatoms. The Balaban J connectivity index is 1.79. The molecule has 144 valence electrons. The maximum atomic E-state index is 10.6. The second-order valence-electron chi connectivity index (χ2n) is 5.61. The van der Waals surface area contributed by atoms with Gasteiger partial charge in [-0.3, -0.25) is 15.1 Å². The van der Waals surface area contributed by atoms with Crippen LogP contribution in [0.3, 0.4) is 0 Å². The monoisotopic (exact) mass is 373 g/mol. The number of aliphatic hydroxyl groups excluding tert-OH is 1. The van der Waals surface area contributed by atoms with Gasteiger partial charge in [0.15, 0.2) is 5.96 Å². The lowest BCUT2D eigenvalue weighted by molar-refractivity contribution is -0.384. The fourth-order valence-corrected chi connectivity index (χ4v) is 2.12. The Morgan fingerprint density at radius 2 is 2.07 bits per heavy atom. The summed E-state index contributed by atoms with van der Waals surface area (Å²) in [5, 5.41) is 26.8. The van der Waals surface area contributed by atoms with Gasteiger partial charge in [-0.1, -0.05) is 6.07 Å². The van der Waals surface area contributed by atoms with Crippen LogP contribution in [0.4, 0.5) is 5.69 Å². The van der Waals surface area contributed by atoms with Gasteiger partial charge < -0.3 is 20.5 Å². The van der Waals surface area contributed by atoms with E-state index in [1.165, 1.54) is 24.3 Å². The quantitative estimate of drug-likeness (QED) is 0.263. The maximum Gasteiger partial charge on any atom is 0.269 e. The van der Waals surface area contributed by atoms with Gasteiger partial charge >= 0.3 is 0 Å². The highest BCUT2D eigenvalue weighted by Crippen LogP contribution is 2.17. The van der Waals surface area contributed by atoms with Crippen LogP contribution in [0.5, 0.6) is 5.75 Å². The number of benzene rings is 1. The molecule has 0 saturated carbocycles. The highest BCUT2D eigenvalue weighted by atomic mass is 16.6. The molecule has 1 unspecified atom stereocenters. The van der Waals surface area contributed by atoms with E-state index in [1.807, 2.05) is 25.1 Å². The standard InChI is InChI=1S/C18H23N5O4/c1-2-19-18(21-11-14-5-3-4-10-20-14)22-12-16(24)13-27-17-8-6-15(7-9-17)23(25)26/h3-10,16,24H,2,11-13H2,1H3,(H2,19,21,22). The summed E-state index contributed by atoms with van der Waals surface area (Å²) in [6.45, 7) is 3.34. The number of aliphatic hydroxyl groups is 1. The van der Waals surface area contributed by atoms with E-state index >= 15 is 0 Å². The molecule has 2 rings (SSSR count). The summed E-state index contributed by atoms with van der Waals surface area (Å²) in [5.41, 5.74) is 0.834. The van der Waals surface area contributed by atoms with Crippen molar-refractivity contribution in [2.45, 2.75) is 19.6 Å². The molecule has 0 saturated heterocycles. The number of rotatable bonds is 9. The number of ether oxygens (including phenoxy) is 1. The van der Waals surface area contributed by atoms with E-state index in [2.05, 4.69) is 20.6 Å². The molecule has 0 aliphatic carbocycles. The Labute approximate surface area is 157 Å². The largest absolute Gasteiger partial charge is 0.491 e. The van der Waals surface area contributed by atoms with Crippen molar-refractivity contribution >= 4 is 11.6 Å². The summed E-state index contributed by atoms with van der Waals surface area (Å²) < 4.78 is 5.44. The van der Waals surface area contributed by atoms with Crippen LogP contribution in [0, 0.1) is 10.1 Å². The average Bonchev–Trinajstić information content (AvgIpc) is 2.69. The molecule has 0 aliphatic heterocycles. The lowest BCUT2D eigenvalue weighted by Gasteiger charge is -2.16. The van der Waals surface area contributed by atoms with Crippen molar-refractivity contribution in [3.8, 4) is 5.75 Å². The number of nitrogens with one attached hydrogen (secondary N) is 2. The smallest absolute Gasteiger partial charge is 0.269 e. The minimum absolute atomic E-state index is 0.0102. The third-order valence-electron chi connectivity index (χ3n) is 3.46. The van der Waals surface area contributed by atoms with E-state index in [-0.39, 0.29) is 18.8 Å². The van der Waals surface area contributed by atoms with E-state index in [9.17, 15) is 15.2 Å². The minimum Gasteiger partial charge on any atom is -0.491 e.